The van der Waals surface area contributed by atoms with Crippen LogP contribution in [0.4, 0.5) is 11.4 Å². The number of benzene rings is 2. The fourth-order valence-electron chi connectivity index (χ4n) is 5.03. The maximum Gasteiger partial charge on any atom is 0.238 e. The van der Waals surface area contributed by atoms with Crippen molar-refractivity contribution in [2.24, 2.45) is 23.7 Å². The summed E-state index contributed by atoms with van der Waals surface area (Å²) in [6.07, 6.45) is 5.35. The van der Waals surface area contributed by atoms with Crippen molar-refractivity contribution in [1.29, 1.82) is 0 Å². The van der Waals surface area contributed by atoms with E-state index in [-0.39, 0.29) is 47.8 Å². The van der Waals surface area contributed by atoms with E-state index in [0.29, 0.717) is 5.69 Å². The van der Waals surface area contributed by atoms with Gasteiger partial charge < -0.3 is 5.32 Å². The molecule has 0 radical (unpaired) electrons. The number of amides is 3. The van der Waals surface area contributed by atoms with Crippen LogP contribution in [-0.2, 0) is 20.8 Å². The molecule has 3 aliphatic rings. The SMILES string of the molecule is Cc1cccc(NC(=O)Cc2ccc(N3C(=O)C4C5C=CC(C5)C4C3=O)cc2)c1. The van der Waals surface area contributed by atoms with Gasteiger partial charge in [0.15, 0.2) is 0 Å². The minimum Gasteiger partial charge on any atom is -0.326 e. The highest BCUT2D eigenvalue weighted by atomic mass is 16.2. The Labute approximate surface area is 169 Å². The molecule has 1 saturated carbocycles. The zero-order valence-corrected chi connectivity index (χ0v) is 16.2. The van der Waals surface area contributed by atoms with Crippen molar-refractivity contribution in [2.75, 3.05) is 10.2 Å². The van der Waals surface area contributed by atoms with E-state index in [9.17, 15) is 14.4 Å². The van der Waals surface area contributed by atoms with Gasteiger partial charge in [-0.3, -0.25) is 19.3 Å². The Balaban J connectivity index is 1.28. The van der Waals surface area contributed by atoms with E-state index in [4.69, 9.17) is 0 Å². The number of nitrogens with one attached hydrogen (secondary N) is 1. The van der Waals surface area contributed by atoms with Gasteiger partial charge in [-0.25, -0.2) is 0 Å². The lowest BCUT2D eigenvalue weighted by atomic mass is 9.85. The molecule has 1 heterocycles. The number of nitrogens with zero attached hydrogens (tertiary/aromatic N) is 1. The normalized spacial score (nSPS) is 26.9. The molecular formula is C24H22N2O3. The number of rotatable bonds is 4. The number of anilines is 2. The van der Waals surface area contributed by atoms with E-state index >= 15 is 0 Å². The van der Waals surface area contributed by atoms with Gasteiger partial charge in [0, 0.05) is 5.69 Å². The van der Waals surface area contributed by atoms with Gasteiger partial charge in [-0.2, -0.15) is 0 Å². The Morgan fingerprint density at radius 2 is 1.66 bits per heavy atom. The van der Waals surface area contributed by atoms with Crippen LogP contribution in [0.5, 0.6) is 0 Å². The molecule has 5 heteroatoms. The topological polar surface area (TPSA) is 66.5 Å². The quantitative estimate of drug-likeness (QED) is 0.646. The second-order valence-corrected chi connectivity index (χ2v) is 8.27. The van der Waals surface area contributed by atoms with Crippen molar-refractivity contribution < 1.29 is 14.4 Å². The number of carbonyl (C=O) groups is 3. The first-order valence-electron chi connectivity index (χ1n) is 10.0. The van der Waals surface area contributed by atoms with E-state index < -0.39 is 0 Å². The smallest absolute Gasteiger partial charge is 0.238 e. The van der Waals surface area contributed by atoms with Gasteiger partial charge in [-0.05, 0) is 60.6 Å². The van der Waals surface area contributed by atoms with Crippen LogP contribution >= 0.6 is 0 Å². The molecule has 146 valence electrons. The minimum atomic E-state index is -0.197. The van der Waals surface area contributed by atoms with Gasteiger partial charge in [0.2, 0.25) is 17.7 Å². The summed E-state index contributed by atoms with van der Waals surface area (Å²) in [5.41, 5.74) is 3.28. The molecule has 2 bridgehead atoms. The van der Waals surface area contributed by atoms with Crippen LogP contribution in [0.25, 0.3) is 0 Å². The number of imide groups is 1. The first-order valence-corrected chi connectivity index (χ1v) is 10.0. The van der Waals surface area contributed by atoms with Crippen LogP contribution in [0.15, 0.2) is 60.7 Å². The average Bonchev–Trinajstić information content (AvgIpc) is 3.37. The van der Waals surface area contributed by atoms with Gasteiger partial charge in [-0.15, -0.1) is 0 Å². The Kier molecular flexibility index (Phi) is 4.12. The number of hydrogen-bond acceptors (Lipinski definition) is 3. The average molecular weight is 386 g/mol. The van der Waals surface area contributed by atoms with Gasteiger partial charge in [0.25, 0.3) is 0 Å². The fraction of sp³-hybridized carbons (Fsp3) is 0.292. The summed E-state index contributed by atoms with van der Waals surface area (Å²) in [5, 5.41) is 2.89. The van der Waals surface area contributed by atoms with Crippen LogP contribution in [-0.4, -0.2) is 17.7 Å². The van der Waals surface area contributed by atoms with E-state index in [1.54, 1.807) is 12.1 Å². The summed E-state index contributed by atoms with van der Waals surface area (Å²) in [7, 11) is 0. The zero-order valence-electron chi connectivity index (χ0n) is 16.2. The van der Waals surface area contributed by atoms with E-state index in [1.165, 1.54) is 4.90 Å². The standard InChI is InChI=1S/C24H22N2O3/c1-14-3-2-4-18(11-14)25-20(27)12-15-5-9-19(10-6-15)26-23(28)21-16-7-8-17(13-16)22(21)24(26)29/h2-11,16-17,21-22H,12-13H2,1H3,(H,25,27). The molecule has 5 nitrogen and oxygen atoms in total. The third-order valence-corrected chi connectivity index (χ3v) is 6.33. The monoisotopic (exact) mass is 386 g/mol. The Bertz CT molecular complexity index is 1010. The maximum absolute atomic E-state index is 12.9. The highest BCUT2D eigenvalue weighted by molar-refractivity contribution is 6.22. The third-order valence-electron chi connectivity index (χ3n) is 6.33. The first-order chi connectivity index (χ1) is 14.0. The molecule has 2 aliphatic carbocycles. The second kappa shape index (κ2) is 6.69. The van der Waals surface area contributed by atoms with Crippen LogP contribution < -0.4 is 10.2 Å². The number of hydrogen-bond donors (Lipinski definition) is 1. The van der Waals surface area contributed by atoms with Crippen molar-refractivity contribution in [3.8, 4) is 0 Å². The summed E-state index contributed by atoms with van der Waals surface area (Å²) < 4.78 is 0. The van der Waals surface area contributed by atoms with Crippen LogP contribution in [0.1, 0.15) is 17.5 Å². The summed E-state index contributed by atoms with van der Waals surface area (Å²) in [6.45, 7) is 1.98. The highest BCUT2D eigenvalue weighted by Crippen LogP contribution is 2.53. The van der Waals surface area contributed by atoms with Gasteiger partial charge in [0.1, 0.15) is 0 Å². The van der Waals surface area contributed by atoms with Crippen molar-refractivity contribution in [1.82, 2.24) is 0 Å². The molecule has 0 spiro atoms. The van der Waals surface area contributed by atoms with E-state index in [2.05, 4.69) is 17.5 Å². The van der Waals surface area contributed by atoms with Crippen molar-refractivity contribution in [3.05, 3.63) is 71.8 Å². The predicted octanol–water partition coefficient (Wildman–Crippen LogP) is 3.49. The lowest BCUT2D eigenvalue weighted by Gasteiger charge is -2.17. The van der Waals surface area contributed by atoms with Crippen LogP contribution in [0.3, 0.4) is 0 Å². The van der Waals surface area contributed by atoms with Crippen LogP contribution in [0.2, 0.25) is 0 Å². The van der Waals surface area contributed by atoms with Crippen molar-refractivity contribution in [3.63, 3.8) is 0 Å². The number of fused-ring (bicyclic) bond motifs is 5. The van der Waals surface area contributed by atoms with Crippen molar-refractivity contribution in [2.45, 2.75) is 19.8 Å². The predicted molar refractivity (Wildman–Crippen MR) is 110 cm³/mol. The molecule has 1 aliphatic heterocycles. The Morgan fingerprint density at radius 3 is 2.28 bits per heavy atom. The second-order valence-electron chi connectivity index (χ2n) is 8.27. The van der Waals surface area contributed by atoms with Crippen LogP contribution in [0, 0.1) is 30.6 Å². The molecule has 0 aromatic heterocycles. The zero-order chi connectivity index (χ0) is 20.1. The summed E-state index contributed by atoms with van der Waals surface area (Å²) in [5.74, 6) is -0.251. The number of aryl methyl sites for hydroxylation is 1. The molecule has 3 amide bonds. The first kappa shape index (κ1) is 17.9. The molecule has 2 fully saturated rings. The Morgan fingerprint density at radius 1 is 1.00 bits per heavy atom. The molecule has 1 N–H and O–H groups in total. The molecule has 2 aromatic carbocycles. The molecule has 5 rings (SSSR count). The molecule has 2 aromatic rings. The van der Waals surface area contributed by atoms with Gasteiger partial charge in [-0.1, -0.05) is 36.4 Å². The van der Waals surface area contributed by atoms with E-state index in [1.807, 2.05) is 43.3 Å². The highest BCUT2D eigenvalue weighted by Gasteiger charge is 2.59. The lowest BCUT2D eigenvalue weighted by molar-refractivity contribution is -0.123. The number of allylic oxidation sites excluding steroid dienone is 2. The Hall–Kier alpha value is -3.21. The maximum atomic E-state index is 12.9. The number of carbonyl (C=O) groups excluding carboxylic acids is 3. The fourth-order valence-corrected chi connectivity index (χ4v) is 5.03. The summed E-state index contributed by atoms with van der Waals surface area (Å²) >= 11 is 0. The third kappa shape index (κ3) is 2.97. The molecule has 1 saturated heterocycles. The summed E-state index contributed by atoms with van der Waals surface area (Å²) in [4.78, 5) is 39.4. The lowest BCUT2D eigenvalue weighted by Crippen LogP contribution is -2.32. The van der Waals surface area contributed by atoms with Gasteiger partial charge in [0.05, 0.1) is 23.9 Å². The minimum absolute atomic E-state index is 0.0817. The largest absolute Gasteiger partial charge is 0.326 e. The van der Waals surface area contributed by atoms with Gasteiger partial charge >= 0.3 is 0 Å². The molecule has 29 heavy (non-hydrogen) atoms. The molecule has 4 atom stereocenters. The molecular weight excluding hydrogens is 364 g/mol. The summed E-state index contributed by atoms with van der Waals surface area (Å²) in [6, 6.07) is 14.8. The van der Waals surface area contributed by atoms with E-state index in [0.717, 1.165) is 23.2 Å². The molecule has 4 unspecified atom stereocenters. The van der Waals surface area contributed by atoms with Crippen molar-refractivity contribution >= 4 is 29.1 Å².